The fourth-order valence-corrected chi connectivity index (χ4v) is 1.85. The molecule has 0 saturated heterocycles. The molecule has 0 unspecified atom stereocenters. The Morgan fingerprint density at radius 3 is 2.76 bits per heavy atom. The van der Waals surface area contributed by atoms with Gasteiger partial charge in [-0.2, -0.15) is 0 Å². The standard InChI is InChI=1S/C10H19N5OS/c1-3-4-15(5-6-16)9-7-8(14-11)12-10(13-9)17-2/h7,16H,3-6,11H2,1-2H3,(H,12,13,14). The van der Waals surface area contributed by atoms with Crippen molar-refractivity contribution in [1.82, 2.24) is 9.97 Å². The molecule has 1 rings (SSSR count). The first-order valence-electron chi connectivity index (χ1n) is 5.50. The van der Waals surface area contributed by atoms with Gasteiger partial charge in [-0.3, -0.25) is 0 Å². The van der Waals surface area contributed by atoms with Crippen molar-refractivity contribution < 1.29 is 5.11 Å². The van der Waals surface area contributed by atoms with Crippen LogP contribution in [0.3, 0.4) is 0 Å². The molecule has 0 bridgehead atoms. The zero-order valence-electron chi connectivity index (χ0n) is 10.2. The number of nitrogens with one attached hydrogen (secondary N) is 1. The van der Waals surface area contributed by atoms with E-state index in [2.05, 4.69) is 22.3 Å². The highest BCUT2D eigenvalue weighted by Crippen LogP contribution is 2.19. The fraction of sp³-hybridized carbons (Fsp3) is 0.600. The Bertz CT molecular complexity index is 321. The van der Waals surface area contributed by atoms with Crippen molar-refractivity contribution in [1.29, 1.82) is 0 Å². The molecule has 0 radical (unpaired) electrons. The third-order valence-electron chi connectivity index (χ3n) is 2.21. The summed E-state index contributed by atoms with van der Waals surface area (Å²) < 4.78 is 0. The van der Waals surface area contributed by atoms with Crippen molar-refractivity contribution in [2.45, 2.75) is 18.5 Å². The Hall–Kier alpha value is -1.05. The number of hydrogen-bond donors (Lipinski definition) is 3. The van der Waals surface area contributed by atoms with Gasteiger partial charge in [0.25, 0.3) is 0 Å². The summed E-state index contributed by atoms with van der Waals surface area (Å²) in [4.78, 5) is 10.6. The lowest BCUT2D eigenvalue weighted by molar-refractivity contribution is 0.301. The SMILES string of the molecule is CCCN(CCO)c1cc(NN)nc(SC)n1. The van der Waals surface area contributed by atoms with E-state index in [1.165, 1.54) is 11.8 Å². The first kappa shape index (κ1) is 14.0. The second-order valence-electron chi connectivity index (χ2n) is 3.45. The lowest BCUT2D eigenvalue weighted by atomic mass is 10.4. The molecular formula is C10H19N5OS. The summed E-state index contributed by atoms with van der Waals surface area (Å²) in [5.41, 5.74) is 2.53. The summed E-state index contributed by atoms with van der Waals surface area (Å²) in [6.45, 7) is 3.59. The number of aliphatic hydroxyl groups is 1. The van der Waals surface area contributed by atoms with E-state index in [0.717, 1.165) is 18.8 Å². The molecule has 0 atom stereocenters. The molecule has 0 aliphatic carbocycles. The number of nitrogen functional groups attached to an aromatic ring is 1. The van der Waals surface area contributed by atoms with Crippen LogP contribution in [0.25, 0.3) is 0 Å². The first-order valence-corrected chi connectivity index (χ1v) is 6.73. The highest BCUT2D eigenvalue weighted by Gasteiger charge is 2.10. The van der Waals surface area contributed by atoms with Gasteiger partial charge in [0.1, 0.15) is 11.6 Å². The van der Waals surface area contributed by atoms with Crippen molar-refractivity contribution >= 4 is 23.4 Å². The summed E-state index contributed by atoms with van der Waals surface area (Å²) in [6.07, 6.45) is 2.90. The Morgan fingerprint density at radius 2 is 2.24 bits per heavy atom. The van der Waals surface area contributed by atoms with Crippen molar-refractivity contribution in [2.75, 3.05) is 36.3 Å². The molecule has 4 N–H and O–H groups in total. The van der Waals surface area contributed by atoms with Gasteiger partial charge in [0.05, 0.1) is 6.61 Å². The molecule has 0 fully saturated rings. The normalized spacial score (nSPS) is 10.4. The fourth-order valence-electron chi connectivity index (χ4n) is 1.47. The topological polar surface area (TPSA) is 87.3 Å². The summed E-state index contributed by atoms with van der Waals surface area (Å²) >= 11 is 1.46. The van der Waals surface area contributed by atoms with Crippen LogP contribution in [0.5, 0.6) is 0 Å². The van der Waals surface area contributed by atoms with Crippen LogP contribution in [0.4, 0.5) is 11.6 Å². The van der Waals surface area contributed by atoms with Gasteiger partial charge in [0.15, 0.2) is 5.16 Å². The third-order valence-corrected chi connectivity index (χ3v) is 2.76. The lowest BCUT2D eigenvalue weighted by Crippen LogP contribution is -2.28. The van der Waals surface area contributed by atoms with E-state index in [1.807, 2.05) is 11.2 Å². The molecule has 0 aliphatic rings. The van der Waals surface area contributed by atoms with Crippen LogP contribution in [0.2, 0.25) is 0 Å². The van der Waals surface area contributed by atoms with E-state index in [4.69, 9.17) is 10.9 Å². The average molecular weight is 257 g/mol. The van der Waals surface area contributed by atoms with E-state index in [9.17, 15) is 0 Å². The molecule has 1 heterocycles. The van der Waals surface area contributed by atoms with Crippen LogP contribution in [0, 0.1) is 0 Å². The Kier molecular flexibility index (Phi) is 6.03. The van der Waals surface area contributed by atoms with Crippen LogP contribution in [-0.2, 0) is 0 Å². The summed E-state index contributed by atoms with van der Waals surface area (Å²) in [7, 11) is 0. The number of hydrogen-bond acceptors (Lipinski definition) is 7. The second kappa shape index (κ2) is 7.31. The predicted molar refractivity (Wildman–Crippen MR) is 71.2 cm³/mol. The molecule has 17 heavy (non-hydrogen) atoms. The number of aromatic nitrogens is 2. The highest BCUT2D eigenvalue weighted by molar-refractivity contribution is 7.98. The van der Waals surface area contributed by atoms with Gasteiger partial charge in [-0.15, -0.1) is 0 Å². The van der Waals surface area contributed by atoms with Crippen molar-refractivity contribution in [3.05, 3.63) is 6.07 Å². The smallest absolute Gasteiger partial charge is 0.191 e. The highest BCUT2D eigenvalue weighted by atomic mass is 32.2. The summed E-state index contributed by atoms with van der Waals surface area (Å²) in [6, 6.07) is 1.78. The van der Waals surface area contributed by atoms with E-state index >= 15 is 0 Å². The van der Waals surface area contributed by atoms with Crippen molar-refractivity contribution in [3.63, 3.8) is 0 Å². The van der Waals surface area contributed by atoms with E-state index in [-0.39, 0.29) is 6.61 Å². The molecule has 0 spiro atoms. The Balaban J connectivity index is 2.99. The number of rotatable bonds is 7. The zero-order chi connectivity index (χ0) is 12.7. The van der Waals surface area contributed by atoms with Gasteiger partial charge in [0, 0.05) is 19.2 Å². The second-order valence-corrected chi connectivity index (χ2v) is 4.23. The van der Waals surface area contributed by atoms with Crippen LogP contribution in [0.1, 0.15) is 13.3 Å². The summed E-state index contributed by atoms with van der Waals surface area (Å²) in [5.74, 6) is 6.74. The summed E-state index contributed by atoms with van der Waals surface area (Å²) in [5, 5.41) is 9.71. The third kappa shape index (κ3) is 4.03. The Morgan fingerprint density at radius 1 is 1.47 bits per heavy atom. The number of hydrazine groups is 1. The number of anilines is 2. The molecular weight excluding hydrogens is 238 g/mol. The monoisotopic (exact) mass is 257 g/mol. The van der Waals surface area contributed by atoms with Crippen LogP contribution >= 0.6 is 11.8 Å². The molecule has 1 aromatic rings. The van der Waals surface area contributed by atoms with Gasteiger partial charge >= 0.3 is 0 Å². The molecule has 1 aromatic heterocycles. The number of aliphatic hydroxyl groups excluding tert-OH is 1. The van der Waals surface area contributed by atoms with Gasteiger partial charge in [-0.25, -0.2) is 15.8 Å². The molecule has 6 nitrogen and oxygen atoms in total. The minimum absolute atomic E-state index is 0.101. The predicted octanol–water partition coefficient (Wildman–Crippen LogP) is 0.693. The Labute approximate surface area is 106 Å². The molecule has 0 saturated carbocycles. The van der Waals surface area contributed by atoms with E-state index in [1.54, 1.807) is 6.07 Å². The average Bonchev–Trinajstić information content (AvgIpc) is 2.37. The number of thioether (sulfide) groups is 1. The van der Waals surface area contributed by atoms with Crippen LogP contribution < -0.4 is 16.2 Å². The first-order chi connectivity index (χ1) is 8.24. The number of nitrogens with zero attached hydrogens (tertiary/aromatic N) is 3. The van der Waals surface area contributed by atoms with E-state index < -0.39 is 0 Å². The molecule has 96 valence electrons. The quantitative estimate of drug-likeness (QED) is 0.287. The molecule has 0 aromatic carbocycles. The minimum atomic E-state index is 0.101. The number of nitrogens with two attached hydrogens (primary N) is 1. The van der Waals surface area contributed by atoms with Crippen molar-refractivity contribution in [3.8, 4) is 0 Å². The van der Waals surface area contributed by atoms with Crippen molar-refractivity contribution in [2.24, 2.45) is 5.84 Å². The molecule has 7 heteroatoms. The van der Waals surface area contributed by atoms with E-state index in [0.29, 0.717) is 17.5 Å². The maximum atomic E-state index is 9.05. The van der Waals surface area contributed by atoms with Gasteiger partial charge in [0.2, 0.25) is 0 Å². The van der Waals surface area contributed by atoms with Crippen LogP contribution in [-0.4, -0.2) is 41.0 Å². The zero-order valence-corrected chi connectivity index (χ0v) is 11.0. The lowest BCUT2D eigenvalue weighted by Gasteiger charge is -2.22. The largest absolute Gasteiger partial charge is 0.395 e. The van der Waals surface area contributed by atoms with Gasteiger partial charge < -0.3 is 15.4 Å². The maximum absolute atomic E-state index is 9.05. The molecule has 0 amide bonds. The maximum Gasteiger partial charge on any atom is 0.191 e. The molecule has 0 aliphatic heterocycles. The van der Waals surface area contributed by atoms with Crippen LogP contribution in [0.15, 0.2) is 11.2 Å². The van der Waals surface area contributed by atoms with Gasteiger partial charge in [-0.05, 0) is 12.7 Å². The van der Waals surface area contributed by atoms with Gasteiger partial charge in [-0.1, -0.05) is 18.7 Å². The minimum Gasteiger partial charge on any atom is -0.395 e.